The molecule has 1 fully saturated rings. The Bertz CT molecular complexity index is 302. The van der Waals surface area contributed by atoms with Crippen molar-refractivity contribution in [3.8, 4) is 0 Å². The minimum Gasteiger partial charge on any atom is -0.399 e. The second kappa shape index (κ2) is 4.86. The van der Waals surface area contributed by atoms with E-state index in [2.05, 4.69) is 12.1 Å². The van der Waals surface area contributed by atoms with E-state index in [4.69, 9.17) is 11.5 Å². The molecule has 0 heterocycles. The molecular formula is C12H19ClN2. The van der Waals surface area contributed by atoms with Gasteiger partial charge in [-0.2, -0.15) is 0 Å². The topological polar surface area (TPSA) is 52.0 Å². The number of hydrogen-bond donors (Lipinski definition) is 2. The second-order valence-corrected chi connectivity index (χ2v) is 4.49. The van der Waals surface area contributed by atoms with Crippen LogP contribution in [0.25, 0.3) is 0 Å². The maximum atomic E-state index is 6.30. The van der Waals surface area contributed by atoms with Crippen molar-refractivity contribution in [3.05, 3.63) is 29.8 Å². The Morgan fingerprint density at radius 3 is 2.13 bits per heavy atom. The summed E-state index contributed by atoms with van der Waals surface area (Å²) in [6, 6.07) is 8.08. The molecule has 0 aromatic heterocycles. The van der Waals surface area contributed by atoms with Gasteiger partial charge >= 0.3 is 0 Å². The standard InChI is InChI=1S/C12H18N2.ClH/c13-11-5-3-10(4-6-11)9-12(14)7-1-2-8-12;/h3-6H,1-2,7-9,13-14H2;1H. The fourth-order valence-electron chi connectivity index (χ4n) is 2.30. The first-order chi connectivity index (χ1) is 6.68. The molecule has 0 bridgehead atoms. The maximum Gasteiger partial charge on any atom is 0.0314 e. The minimum absolute atomic E-state index is 0. The van der Waals surface area contributed by atoms with Gasteiger partial charge in [-0.15, -0.1) is 12.4 Å². The summed E-state index contributed by atoms with van der Waals surface area (Å²) in [4.78, 5) is 0. The highest BCUT2D eigenvalue weighted by atomic mass is 35.5. The molecule has 0 spiro atoms. The van der Waals surface area contributed by atoms with Crippen LogP contribution in [0.5, 0.6) is 0 Å². The molecule has 0 amide bonds. The van der Waals surface area contributed by atoms with E-state index >= 15 is 0 Å². The normalized spacial score (nSPS) is 18.5. The van der Waals surface area contributed by atoms with Crippen molar-refractivity contribution in [2.24, 2.45) is 5.73 Å². The summed E-state index contributed by atoms with van der Waals surface area (Å²) >= 11 is 0. The molecule has 0 saturated heterocycles. The van der Waals surface area contributed by atoms with Gasteiger partial charge in [0.25, 0.3) is 0 Å². The van der Waals surface area contributed by atoms with Crippen LogP contribution in [-0.4, -0.2) is 5.54 Å². The van der Waals surface area contributed by atoms with Crippen molar-refractivity contribution >= 4 is 18.1 Å². The smallest absolute Gasteiger partial charge is 0.0314 e. The van der Waals surface area contributed by atoms with Gasteiger partial charge in [0.2, 0.25) is 0 Å². The lowest BCUT2D eigenvalue weighted by Crippen LogP contribution is -2.38. The zero-order valence-corrected chi connectivity index (χ0v) is 9.72. The van der Waals surface area contributed by atoms with Crippen LogP contribution in [0.1, 0.15) is 31.2 Å². The van der Waals surface area contributed by atoms with Crippen LogP contribution in [0, 0.1) is 0 Å². The Balaban J connectivity index is 0.00000112. The third-order valence-electron chi connectivity index (χ3n) is 3.14. The van der Waals surface area contributed by atoms with Crippen LogP contribution in [-0.2, 0) is 6.42 Å². The summed E-state index contributed by atoms with van der Waals surface area (Å²) in [5, 5.41) is 0. The molecule has 1 aromatic rings. The van der Waals surface area contributed by atoms with Gasteiger partial charge in [-0.3, -0.25) is 0 Å². The number of nitrogens with two attached hydrogens (primary N) is 2. The maximum absolute atomic E-state index is 6.30. The molecule has 1 aliphatic rings. The number of rotatable bonds is 2. The molecule has 1 aromatic carbocycles. The first kappa shape index (κ1) is 12.3. The quantitative estimate of drug-likeness (QED) is 0.762. The summed E-state index contributed by atoms with van der Waals surface area (Å²) < 4.78 is 0. The molecular weight excluding hydrogens is 208 g/mol. The van der Waals surface area contributed by atoms with Gasteiger partial charge in [-0.05, 0) is 37.0 Å². The summed E-state index contributed by atoms with van der Waals surface area (Å²) in [5.74, 6) is 0. The van der Waals surface area contributed by atoms with Crippen molar-refractivity contribution in [1.82, 2.24) is 0 Å². The number of nitrogen functional groups attached to an aromatic ring is 1. The summed E-state index contributed by atoms with van der Waals surface area (Å²) in [5.41, 5.74) is 14.1. The number of halogens is 1. The van der Waals surface area contributed by atoms with E-state index in [1.54, 1.807) is 0 Å². The Morgan fingerprint density at radius 1 is 1.07 bits per heavy atom. The lowest BCUT2D eigenvalue weighted by molar-refractivity contribution is 0.436. The van der Waals surface area contributed by atoms with Crippen molar-refractivity contribution in [1.29, 1.82) is 0 Å². The van der Waals surface area contributed by atoms with Gasteiger partial charge in [0, 0.05) is 11.2 Å². The second-order valence-electron chi connectivity index (χ2n) is 4.49. The molecule has 1 saturated carbocycles. The molecule has 0 radical (unpaired) electrons. The van der Waals surface area contributed by atoms with Crippen LogP contribution in [0.15, 0.2) is 24.3 Å². The number of hydrogen-bond acceptors (Lipinski definition) is 2. The van der Waals surface area contributed by atoms with Gasteiger partial charge in [0.1, 0.15) is 0 Å². The van der Waals surface area contributed by atoms with E-state index in [9.17, 15) is 0 Å². The molecule has 4 N–H and O–H groups in total. The Hall–Kier alpha value is -0.730. The summed E-state index contributed by atoms with van der Waals surface area (Å²) in [6.07, 6.45) is 5.89. The van der Waals surface area contributed by atoms with E-state index in [-0.39, 0.29) is 17.9 Å². The minimum atomic E-state index is 0. The molecule has 0 aliphatic heterocycles. The van der Waals surface area contributed by atoms with Crippen LogP contribution >= 0.6 is 12.4 Å². The predicted molar refractivity (Wildman–Crippen MR) is 67.2 cm³/mol. The molecule has 1 aliphatic carbocycles. The lowest BCUT2D eigenvalue weighted by Gasteiger charge is -2.23. The Labute approximate surface area is 97.4 Å². The third-order valence-corrected chi connectivity index (χ3v) is 3.14. The van der Waals surface area contributed by atoms with Gasteiger partial charge in [-0.25, -0.2) is 0 Å². The Morgan fingerprint density at radius 2 is 1.60 bits per heavy atom. The molecule has 0 unspecified atom stereocenters. The van der Waals surface area contributed by atoms with Crippen LogP contribution in [0.3, 0.4) is 0 Å². The van der Waals surface area contributed by atoms with Crippen molar-refractivity contribution in [2.75, 3.05) is 5.73 Å². The summed E-state index contributed by atoms with van der Waals surface area (Å²) in [7, 11) is 0. The van der Waals surface area contributed by atoms with Crippen molar-refractivity contribution < 1.29 is 0 Å². The zero-order valence-electron chi connectivity index (χ0n) is 8.91. The summed E-state index contributed by atoms with van der Waals surface area (Å²) in [6.45, 7) is 0. The molecule has 2 nitrogen and oxygen atoms in total. The van der Waals surface area contributed by atoms with Crippen LogP contribution in [0.2, 0.25) is 0 Å². The van der Waals surface area contributed by atoms with E-state index in [1.165, 1.54) is 18.4 Å². The SMILES string of the molecule is Cl.Nc1ccc(CC2(N)CCCC2)cc1. The largest absolute Gasteiger partial charge is 0.399 e. The predicted octanol–water partition coefficient (Wildman–Crippen LogP) is 2.50. The monoisotopic (exact) mass is 226 g/mol. The highest BCUT2D eigenvalue weighted by molar-refractivity contribution is 5.85. The molecule has 0 atom stereocenters. The zero-order chi connectivity index (χ0) is 10.0. The van der Waals surface area contributed by atoms with Gasteiger partial charge in [0.05, 0.1) is 0 Å². The van der Waals surface area contributed by atoms with Gasteiger partial charge in [-0.1, -0.05) is 25.0 Å². The lowest BCUT2D eigenvalue weighted by atomic mass is 9.90. The van der Waals surface area contributed by atoms with E-state index in [1.807, 2.05) is 12.1 Å². The third kappa shape index (κ3) is 3.11. The van der Waals surface area contributed by atoms with Gasteiger partial charge < -0.3 is 11.5 Å². The van der Waals surface area contributed by atoms with Gasteiger partial charge in [0.15, 0.2) is 0 Å². The molecule has 3 heteroatoms. The van der Waals surface area contributed by atoms with Crippen LogP contribution in [0.4, 0.5) is 5.69 Å². The first-order valence-corrected chi connectivity index (χ1v) is 5.31. The fourth-order valence-corrected chi connectivity index (χ4v) is 2.30. The van der Waals surface area contributed by atoms with E-state index in [0.29, 0.717) is 0 Å². The van der Waals surface area contributed by atoms with E-state index < -0.39 is 0 Å². The average Bonchev–Trinajstić information content (AvgIpc) is 2.57. The molecule has 84 valence electrons. The van der Waals surface area contributed by atoms with Crippen molar-refractivity contribution in [2.45, 2.75) is 37.6 Å². The number of anilines is 1. The molecule has 2 rings (SSSR count). The van der Waals surface area contributed by atoms with Crippen LogP contribution < -0.4 is 11.5 Å². The number of benzene rings is 1. The highest BCUT2D eigenvalue weighted by Crippen LogP contribution is 2.30. The van der Waals surface area contributed by atoms with Crippen molar-refractivity contribution in [3.63, 3.8) is 0 Å². The average molecular weight is 227 g/mol. The highest BCUT2D eigenvalue weighted by Gasteiger charge is 2.29. The Kier molecular flexibility index (Phi) is 4.00. The molecule has 15 heavy (non-hydrogen) atoms. The first-order valence-electron chi connectivity index (χ1n) is 5.31. The van der Waals surface area contributed by atoms with E-state index in [0.717, 1.165) is 24.9 Å². The fraction of sp³-hybridized carbons (Fsp3) is 0.500.